The third-order valence-electron chi connectivity index (χ3n) is 1.14. The minimum absolute atomic E-state index is 0.336. The summed E-state index contributed by atoms with van der Waals surface area (Å²) in [6.45, 7) is 1.83. The van der Waals surface area contributed by atoms with E-state index in [1.165, 1.54) is 0 Å². The molecule has 1 rings (SSSR count). The SMILES string of the molecule is Cc1cnc(NN)nc1N. The second-order valence-corrected chi connectivity index (χ2v) is 1.91. The highest BCUT2D eigenvalue weighted by Crippen LogP contribution is 2.06. The van der Waals surface area contributed by atoms with E-state index in [2.05, 4.69) is 15.4 Å². The van der Waals surface area contributed by atoms with Crippen molar-refractivity contribution in [3.63, 3.8) is 0 Å². The molecule has 0 spiro atoms. The van der Waals surface area contributed by atoms with Crippen LogP contribution in [0, 0.1) is 6.92 Å². The molecule has 0 bridgehead atoms. The van der Waals surface area contributed by atoms with Crippen molar-refractivity contribution in [3.8, 4) is 0 Å². The largest absolute Gasteiger partial charge is 0.383 e. The van der Waals surface area contributed by atoms with E-state index in [0.29, 0.717) is 11.8 Å². The molecule has 0 amide bonds. The van der Waals surface area contributed by atoms with Gasteiger partial charge in [0.2, 0.25) is 5.95 Å². The van der Waals surface area contributed by atoms with Crippen LogP contribution < -0.4 is 17.0 Å². The van der Waals surface area contributed by atoms with E-state index in [4.69, 9.17) is 11.6 Å². The van der Waals surface area contributed by atoms with E-state index in [-0.39, 0.29) is 0 Å². The van der Waals surface area contributed by atoms with Crippen molar-refractivity contribution < 1.29 is 0 Å². The summed E-state index contributed by atoms with van der Waals surface area (Å²) >= 11 is 0. The molecule has 0 saturated heterocycles. The first-order chi connectivity index (χ1) is 4.74. The Morgan fingerprint density at radius 1 is 1.60 bits per heavy atom. The number of nitrogens with one attached hydrogen (secondary N) is 1. The summed E-state index contributed by atoms with van der Waals surface area (Å²) in [6.07, 6.45) is 1.61. The lowest BCUT2D eigenvalue weighted by Gasteiger charge is -1.99. The monoisotopic (exact) mass is 139 g/mol. The van der Waals surface area contributed by atoms with Crippen LogP contribution in [0.5, 0.6) is 0 Å². The molecule has 0 saturated carbocycles. The third-order valence-corrected chi connectivity index (χ3v) is 1.14. The Morgan fingerprint density at radius 2 is 2.30 bits per heavy atom. The van der Waals surface area contributed by atoms with Gasteiger partial charge in [0, 0.05) is 11.8 Å². The van der Waals surface area contributed by atoms with Gasteiger partial charge in [-0.25, -0.2) is 10.8 Å². The topological polar surface area (TPSA) is 89.8 Å². The summed E-state index contributed by atoms with van der Waals surface area (Å²) in [4.78, 5) is 7.65. The number of anilines is 2. The van der Waals surface area contributed by atoms with E-state index < -0.39 is 0 Å². The molecule has 0 aliphatic heterocycles. The first-order valence-corrected chi connectivity index (χ1v) is 2.80. The summed E-state index contributed by atoms with van der Waals surface area (Å²) in [7, 11) is 0. The Morgan fingerprint density at radius 3 is 2.80 bits per heavy atom. The normalized spacial score (nSPS) is 9.40. The zero-order chi connectivity index (χ0) is 7.56. The fraction of sp³-hybridized carbons (Fsp3) is 0.200. The van der Waals surface area contributed by atoms with Crippen LogP contribution in [-0.4, -0.2) is 9.97 Å². The number of nitrogen functional groups attached to an aromatic ring is 2. The predicted molar refractivity (Wildman–Crippen MR) is 39.0 cm³/mol. The van der Waals surface area contributed by atoms with Crippen LogP contribution in [0.15, 0.2) is 6.20 Å². The number of hydrogen-bond acceptors (Lipinski definition) is 5. The van der Waals surface area contributed by atoms with Gasteiger partial charge in [0.1, 0.15) is 5.82 Å². The van der Waals surface area contributed by atoms with E-state index in [0.717, 1.165) is 5.56 Å². The molecule has 5 heteroatoms. The third kappa shape index (κ3) is 1.14. The number of rotatable bonds is 1. The second kappa shape index (κ2) is 2.49. The molecule has 5 nitrogen and oxygen atoms in total. The van der Waals surface area contributed by atoms with E-state index in [1.54, 1.807) is 6.20 Å². The van der Waals surface area contributed by atoms with Crippen molar-refractivity contribution in [2.45, 2.75) is 6.92 Å². The number of hydrogen-bond donors (Lipinski definition) is 3. The summed E-state index contributed by atoms with van der Waals surface area (Å²) in [5.41, 5.74) is 8.59. The number of nitrogens with zero attached hydrogens (tertiary/aromatic N) is 2. The molecule has 54 valence electrons. The molecule has 0 aromatic carbocycles. The molecular formula is C5H9N5. The van der Waals surface area contributed by atoms with Gasteiger partial charge in [-0.05, 0) is 6.92 Å². The zero-order valence-electron chi connectivity index (χ0n) is 5.63. The van der Waals surface area contributed by atoms with Gasteiger partial charge in [0.25, 0.3) is 0 Å². The fourth-order valence-electron chi connectivity index (χ4n) is 0.525. The van der Waals surface area contributed by atoms with Gasteiger partial charge < -0.3 is 5.73 Å². The van der Waals surface area contributed by atoms with Crippen molar-refractivity contribution in [2.24, 2.45) is 5.84 Å². The van der Waals surface area contributed by atoms with Gasteiger partial charge in [-0.1, -0.05) is 0 Å². The van der Waals surface area contributed by atoms with Crippen molar-refractivity contribution >= 4 is 11.8 Å². The number of aryl methyl sites for hydroxylation is 1. The molecule has 0 aliphatic rings. The standard InChI is InChI=1S/C5H9N5/c1-3-2-8-5(10-7)9-4(3)6/h2H,7H2,1H3,(H3,6,8,9,10). The smallest absolute Gasteiger partial charge is 0.239 e. The fourth-order valence-corrected chi connectivity index (χ4v) is 0.525. The quantitative estimate of drug-likeness (QED) is 0.365. The van der Waals surface area contributed by atoms with E-state index in [1.807, 2.05) is 6.92 Å². The summed E-state index contributed by atoms with van der Waals surface area (Å²) < 4.78 is 0. The Kier molecular flexibility index (Phi) is 1.68. The lowest BCUT2D eigenvalue weighted by atomic mass is 10.4. The van der Waals surface area contributed by atoms with Gasteiger partial charge in [0.15, 0.2) is 0 Å². The number of hydrazine groups is 1. The molecule has 0 atom stereocenters. The Labute approximate surface area is 58.4 Å². The van der Waals surface area contributed by atoms with Gasteiger partial charge in [-0.15, -0.1) is 0 Å². The summed E-state index contributed by atoms with van der Waals surface area (Å²) in [6, 6.07) is 0. The van der Waals surface area contributed by atoms with Crippen molar-refractivity contribution in [3.05, 3.63) is 11.8 Å². The Balaban J connectivity index is 3.04. The lowest BCUT2D eigenvalue weighted by molar-refractivity contribution is 1.10. The van der Waals surface area contributed by atoms with Crippen LogP contribution >= 0.6 is 0 Å². The molecule has 10 heavy (non-hydrogen) atoms. The molecule has 0 radical (unpaired) electrons. The van der Waals surface area contributed by atoms with Crippen molar-refractivity contribution in [1.82, 2.24) is 9.97 Å². The van der Waals surface area contributed by atoms with Gasteiger partial charge in [-0.2, -0.15) is 4.98 Å². The highest BCUT2D eigenvalue weighted by atomic mass is 15.3. The first kappa shape index (κ1) is 6.76. The first-order valence-electron chi connectivity index (χ1n) is 2.80. The molecule has 0 fully saturated rings. The highest BCUT2D eigenvalue weighted by Gasteiger charge is 1.95. The minimum atomic E-state index is 0.336. The maximum atomic E-state index is 5.45. The van der Waals surface area contributed by atoms with Gasteiger partial charge in [0.05, 0.1) is 0 Å². The summed E-state index contributed by atoms with van der Waals surface area (Å²) in [5, 5.41) is 0. The van der Waals surface area contributed by atoms with E-state index in [9.17, 15) is 0 Å². The molecule has 5 N–H and O–H groups in total. The van der Waals surface area contributed by atoms with Crippen LogP contribution in [0.2, 0.25) is 0 Å². The molecule has 1 aromatic heterocycles. The van der Waals surface area contributed by atoms with Crippen molar-refractivity contribution in [1.29, 1.82) is 0 Å². The molecule has 1 heterocycles. The lowest BCUT2D eigenvalue weighted by Crippen LogP contribution is -2.11. The summed E-state index contributed by atoms with van der Waals surface area (Å²) in [5.74, 6) is 5.82. The van der Waals surface area contributed by atoms with E-state index >= 15 is 0 Å². The highest BCUT2D eigenvalue weighted by molar-refractivity contribution is 5.41. The van der Waals surface area contributed by atoms with Crippen LogP contribution in [-0.2, 0) is 0 Å². The van der Waals surface area contributed by atoms with Crippen LogP contribution in [0.25, 0.3) is 0 Å². The van der Waals surface area contributed by atoms with Crippen LogP contribution in [0.1, 0.15) is 5.56 Å². The molecule has 0 unspecified atom stereocenters. The van der Waals surface area contributed by atoms with Crippen molar-refractivity contribution in [2.75, 3.05) is 11.2 Å². The minimum Gasteiger partial charge on any atom is -0.383 e. The zero-order valence-corrected chi connectivity index (χ0v) is 5.63. The van der Waals surface area contributed by atoms with Crippen LogP contribution in [0.4, 0.5) is 11.8 Å². The maximum absolute atomic E-state index is 5.45. The predicted octanol–water partition coefficient (Wildman–Crippen LogP) is -0.347. The molecular weight excluding hydrogens is 130 g/mol. The second-order valence-electron chi connectivity index (χ2n) is 1.91. The van der Waals surface area contributed by atoms with Gasteiger partial charge in [-0.3, -0.25) is 5.43 Å². The molecule has 0 aliphatic carbocycles. The number of aromatic nitrogens is 2. The maximum Gasteiger partial charge on any atom is 0.239 e. The Bertz CT molecular complexity index is 233. The Hall–Kier alpha value is -1.36. The van der Waals surface area contributed by atoms with Gasteiger partial charge >= 0.3 is 0 Å². The van der Waals surface area contributed by atoms with Crippen LogP contribution in [0.3, 0.4) is 0 Å². The average molecular weight is 139 g/mol. The molecule has 1 aromatic rings. The average Bonchev–Trinajstić information content (AvgIpc) is 1.95. The number of nitrogens with two attached hydrogens (primary N) is 2.